The van der Waals surface area contributed by atoms with Crippen LogP contribution in [0.1, 0.15) is 20.2 Å². The summed E-state index contributed by atoms with van der Waals surface area (Å²) < 4.78 is 14.1. The summed E-state index contributed by atoms with van der Waals surface area (Å²) in [4.78, 5) is 35.8. The van der Waals surface area contributed by atoms with Crippen LogP contribution in [0.15, 0.2) is 29.1 Å². The van der Waals surface area contributed by atoms with Crippen LogP contribution < -0.4 is 0 Å². The summed E-state index contributed by atoms with van der Waals surface area (Å²) in [6.07, 6.45) is 0. The zero-order valence-corrected chi connectivity index (χ0v) is 18.3. The lowest BCUT2D eigenvalue weighted by Gasteiger charge is -2.48. The van der Waals surface area contributed by atoms with Crippen molar-refractivity contribution in [2.75, 3.05) is 39.3 Å². The van der Waals surface area contributed by atoms with Crippen molar-refractivity contribution in [3.8, 4) is 0 Å². The van der Waals surface area contributed by atoms with E-state index < -0.39 is 0 Å². The number of hydrogen-bond donors (Lipinski definition) is 0. The van der Waals surface area contributed by atoms with Crippen LogP contribution >= 0.6 is 34.3 Å². The first kappa shape index (κ1) is 19.9. The molecule has 2 fully saturated rings. The average Bonchev–Trinajstić information content (AvgIpc) is 3.35. The van der Waals surface area contributed by atoms with Gasteiger partial charge in [-0.2, -0.15) is 0 Å². The van der Waals surface area contributed by atoms with Crippen LogP contribution in [0.5, 0.6) is 0 Å². The second-order valence-corrected chi connectivity index (χ2v) is 9.60. The molecule has 2 aliphatic heterocycles. The van der Waals surface area contributed by atoms with Gasteiger partial charge in [-0.25, -0.2) is 9.37 Å². The van der Waals surface area contributed by atoms with Crippen LogP contribution in [0.2, 0.25) is 5.02 Å². The van der Waals surface area contributed by atoms with E-state index in [4.69, 9.17) is 11.6 Å². The maximum absolute atomic E-state index is 13.5. The molecule has 1 aromatic carbocycles. The van der Waals surface area contributed by atoms with Gasteiger partial charge in [0.15, 0.2) is 0 Å². The second-order valence-electron chi connectivity index (χ2n) is 7.45. The predicted octanol–water partition coefficient (Wildman–Crippen LogP) is 3.43. The Balaban J connectivity index is 1.18. The molecule has 0 bridgehead atoms. The van der Waals surface area contributed by atoms with Gasteiger partial charge in [0.25, 0.3) is 11.8 Å². The lowest BCUT2D eigenvalue weighted by atomic mass is 10.1. The van der Waals surface area contributed by atoms with E-state index in [0.29, 0.717) is 51.9 Å². The van der Waals surface area contributed by atoms with Crippen LogP contribution in [-0.2, 0) is 0 Å². The highest BCUT2D eigenvalue weighted by Gasteiger charge is 2.38. The van der Waals surface area contributed by atoms with E-state index in [-0.39, 0.29) is 23.7 Å². The van der Waals surface area contributed by atoms with E-state index in [1.54, 1.807) is 21.9 Å². The van der Waals surface area contributed by atoms with Crippen LogP contribution in [0.4, 0.5) is 4.39 Å². The van der Waals surface area contributed by atoms with E-state index in [2.05, 4.69) is 9.88 Å². The number of nitrogens with zero attached hydrogens (tertiary/aromatic N) is 4. The first-order valence-electron chi connectivity index (χ1n) is 9.59. The lowest BCUT2D eigenvalue weighted by Crippen LogP contribution is -2.64. The van der Waals surface area contributed by atoms with Crippen molar-refractivity contribution in [1.82, 2.24) is 19.7 Å². The van der Waals surface area contributed by atoms with Crippen LogP contribution in [0.25, 0.3) is 10.1 Å². The fourth-order valence-corrected chi connectivity index (χ4v) is 5.97. The molecule has 0 spiro atoms. The first-order chi connectivity index (χ1) is 14.5. The van der Waals surface area contributed by atoms with Crippen molar-refractivity contribution in [3.63, 3.8) is 0 Å². The van der Waals surface area contributed by atoms with Crippen molar-refractivity contribution < 1.29 is 14.0 Å². The Morgan fingerprint density at radius 1 is 1.10 bits per heavy atom. The lowest BCUT2D eigenvalue weighted by molar-refractivity contribution is 0.00871. The summed E-state index contributed by atoms with van der Waals surface area (Å²) >= 11 is 9.05. The topological polar surface area (TPSA) is 56.8 Å². The monoisotopic (exact) mass is 464 g/mol. The number of amides is 2. The van der Waals surface area contributed by atoms with Gasteiger partial charge in [0, 0.05) is 60.8 Å². The number of thiazole rings is 1. The van der Waals surface area contributed by atoms with E-state index in [9.17, 15) is 14.0 Å². The summed E-state index contributed by atoms with van der Waals surface area (Å²) in [6, 6.07) is 4.67. The van der Waals surface area contributed by atoms with Crippen molar-refractivity contribution in [2.45, 2.75) is 6.04 Å². The van der Waals surface area contributed by atoms with Gasteiger partial charge < -0.3 is 9.80 Å². The SMILES string of the molecule is O=C(c1cscn1)N1CCN(C2CN(C(=O)c3sc4cc(F)ccc4c3Cl)C2)CC1. The zero-order chi connectivity index (χ0) is 20.8. The minimum Gasteiger partial charge on any atom is -0.335 e. The van der Waals surface area contributed by atoms with Crippen molar-refractivity contribution in [2.24, 2.45) is 0 Å². The molecule has 6 nitrogen and oxygen atoms in total. The maximum atomic E-state index is 13.5. The Labute approximate surface area is 185 Å². The molecule has 0 atom stereocenters. The van der Waals surface area contributed by atoms with Crippen molar-refractivity contribution in [3.05, 3.63) is 50.5 Å². The minimum atomic E-state index is -0.337. The van der Waals surface area contributed by atoms with Gasteiger partial charge in [0.2, 0.25) is 0 Å². The molecule has 10 heteroatoms. The molecule has 2 saturated heterocycles. The Bertz CT molecular complexity index is 1110. The highest BCUT2D eigenvalue weighted by Crippen LogP contribution is 2.37. The Morgan fingerprint density at radius 2 is 1.87 bits per heavy atom. The summed E-state index contributed by atoms with van der Waals surface area (Å²) in [7, 11) is 0. The quantitative estimate of drug-likeness (QED) is 0.596. The standard InChI is InChI=1S/C20H18ClFN4O2S2/c21-17-14-2-1-12(22)7-16(14)30-18(17)20(28)26-8-13(9-26)24-3-5-25(6-4-24)19(27)15-10-29-11-23-15/h1-2,7,10-11,13H,3-6,8-9H2. The number of fused-ring (bicyclic) bond motifs is 1. The van der Waals surface area contributed by atoms with Gasteiger partial charge in [0.05, 0.1) is 10.5 Å². The summed E-state index contributed by atoms with van der Waals surface area (Å²) in [5, 5.41) is 2.89. The fraction of sp³-hybridized carbons (Fsp3) is 0.350. The van der Waals surface area contributed by atoms with E-state index in [1.165, 1.54) is 34.8 Å². The molecule has 4 heterocycles. The van der Waals surface area contributed by atoms with Crippen LogP contribution in [-0.4, -0.2) is 76.8 Å². The van der Waals surface area contributed by atoms with Gasteiger partial charge in [-0.1, -0.05) is 11.6 Å². The van der Waals surface area contributed by atoms with E-state index in [0.717, 1.165) is 13.1 Å². The minimum absolute atomic E-state index is 0.0165. The number of carbonyl (C=O) groups is 2. The second kappa shape index (κ2) is 7.88. The summed E-state index contributed by atoms with van der Waals surface area (Å²) in [5.74, 6) is -0.455. The maximum Gasteiger partial charge on any atom is 0.273 e. The van der Waals surface area contributed by atoms with Gasteiger partial charge in [-0.3, -0.25) is 14.5 Å². The third-order valence-electron chi connectivity index (χ3n) is 5.70. The number of aromatic nitrogens is 1. The Morgan fingerprint density at radius 3 is 2.57 bits per heavy atom. The Kier molecular flexibility index (Phi) is 5.22. The molecular weight excluding hydrogens is 447 g/mol. The number of rotatable bonds is 3. The molecule has 156 valence electrons. The zero-order valence-electron chi connectivity index (χ0n) is 15.9. The Hall–Kier alpha value is -2.07. The highest BCUT2D eigenvalue weighted by molar-refractivity contribution is 7.21. The van der Waals surface area contributed by atoms with E-state index in [1.807, 2.05) is 4.90 Å². The summed E-state index contributed by atoms with van der Waals surface area (Å²) in [5.41, 5.74) is 2.18. The molecule has 30 heavy (non-hydrogen) atoms. The molecule has 0 unspecified atom stereocenters. The summed E-state index contributed by atoms with van der Waals surface area (Å²) in [6.45, 7) is 4.16. The number of halogens is 2. The highest BCUT2D eigenvalue weighted by atomic mass is 35.5. The molecule has 3 aromatic rings. The number of benzene rings is 1. The van der Waals surface area contributed by atoms with Crippen LogP contribution in [0, 0.1) is 5.82 Å². The first-order valence-corrected chi connectivity index (χ1v) is 11.7. The molecule has 0 radical (unpaired) electrons. The third-order valence-corrected chi connectivity index (χ3v) is 7.94. The molecule has 0 N–H and O–H groups in total. The number of likely N-dealkylation sites (tertiary alicyclic amines) is 1. The van der Waals surface area contributed by atoms with Gasteiger partial charge in [-0.15, -0.1) is 22.7 Å². The molecule has 2 amide bonds. The number of carbonyl (C=O) groups excluding carboxylic acids is 2. The third kappa shape index (κ3) is 3.49. The number of piperazine rings is 1. The molecular formula is C20H18ClFN4O2S2. The van der Waals surface area contributed by atoms with Crippen molar-refractivity contribution in [1.29, 1.82) is 0 Å². The molecule has 5 rings (SSSR count). The van der Waals surface area contributed by atoms with Gasteiger partial charge in [0.1, 0.15) is 16.4 Å². The number of hydrogen-bond acceptors (Lipinski definition) is 6. The van der Waals surface area contributed by atoms with Gasteiger partial charge in [-0.05, 0) is 18.2 Å². The number of thiophene rings is 1. The molecule has 0 aliphatic carbocycles. The molecule has 2 aliphatic rings. The van der Waals surface area contributed by atoms with Gasteiger partial charge >= 0.3 is 0 Å². The van der Waals surface area contributed by atoms with Crippen LogP contribution in [0.3, 0.4) is 0 Å². The van der Waals surface area contributed by atoms with Crippen molar-refractivity contribution >= 4 is 56.2 Å². The predicted molar refractivity (Wildman–Crippen MR) is 116 cm³/mol. The molecule has 0 saturated carbocycles. The largest absolute Gasteiger partial charge is 0.335 e. The molecule has 2 aromatic heterocycles. The average molecular weight is 465 g/mol. The van der Waals surface area contributed by atoms with E-state index >= 15 is 0 Å². The smallest absolute Gasteiger partial charge is 0.273 e. The fourth-order valence-electron chi connectivity index (χ4n) is 3.94. The normalized spacial score (nSPS) is 18.1.